The molecule has 0 aromatic heterocycles. The first-order chi connectivity index (χ1) is 15.9. The van der Waals surface area contributed by atoms with Gasteiger partial charge in [-0.2, -0.15) is 0 Å². The molecule has 1 saturated carbocycles. The van der Waals surface area contributed by atoms with Gasteiger partial charge in [-0.1, -0.05) is 44.7 Å². The minimum Gasteiger partial charge on any atom is -0.482 e. The molecule has 4 N–H and O–H groups in total. The number of amides is 1. The number of nitrogens with two attached hydrogens (primary N) is 1. The maximum absolute atomic E-state index is 11.8. The molecule has 0 saturated heterocycles. The first-order valence-electron chi connectivity index (χ1n) is 12.4. The number of hydrogen-bond donors (Lipinski definition) is 3. The van der Waals surface area contributed by atoms with Crippen LogP contribution >= 0.6 is 0 Å². The maximum Gasteiger partial charge on any atom is 0.344 e. The van der Waals surface area contributed by atoms with Crippen LogP contribution in [0.3, 0.4) is 0 Å². The number of aliphatic hydroxyl groups excluding tert-OH is 2. The molecule has 2 unspecified atom stereocenters. The van der Waals surface area contributed by atoms with E-state index in [0.717, 1.165) is 63.4 Å². The molecule has 33 heavy (non-hydrogen) atoms. The number of fused-ring (bicyclic) bond motifs is 2. The largest absolute Gasteiger partial charge is 0.482 e. The van der Waals surface area contributed by atoms with E-state index < -0.39 is 18.5 Å². The molecule has 2 aliphatic carbocycles. The van der Waals surface area contributed by atoms with Gasteiger partial charge in [0.25, 0.3) is 5.91 Å². The molecule has 0 heterocycles. The molecule has 3 rings (SSSR count). The molecule has 0 spiro atoms. The molecule has 7 nitrogen and oxygen atoms in total. The third-order valence-corrected chi connectivity index (χ3v) is 7.28. The van der Waals surface area contributed by atoms with E-state index in [-0.39, 0.29) is 24.7 Å². The molecule has 184 valence electrons. The molecular formula is C26H39NO6. The molecule has 0 radical (unpaired) electrons. The number of primary amides is 1. The third kappa shape index (κ3) is 7.18. The van der Waals surface area contributed by atoms with Crippen LogP contribution in [0.1, 0.15) is 69.4 Å². The number of benzene rings is 1. The summed E-state index contributed by atoms with van der Waals surface area (Å²) in [6.45, 7) is 1.44. The van der Waals surface area contributed by atoms with Gasteiger partial charge in [0, 0.05) is 0 Å². The Hall–Kier alpha value is -2.12. The molecular weight excluding hydrogens is 422 g/mol. The van der Waals surface area contributed by atoms with E-state index in [1.807, 2.05) is 12.1 Å². The van der Waals surface area contributed by atoms with Crippen LogP contribution in [0, 0.1) is 17.8 Å². The second-order valence-electron chi connectivity index (χ2n) is 9.69. The van der Waals surface area contributed by atoms with Crippen molar-refractivity contribution in [2.24, 2.45) is 23.5 Å². The van der Waals surface area contributed by atoms with Gasteiger partial charge in [0.05, 0.1) is 12.2 Å². The highest BCUT2D eigenvalue weighted by atomic mass is 16.6. The first kappa shape index (κ1) is 25.5. The first-order valence-corrected chi connectivity index (χ1v) is 12.4. The Kier molecular flexibility index (Phi) is 9.56. The lowest BCUT2D eigenvalue weighted by atomic mass is 9.73. The summed E-state index contributed by atoms with van der Waals surface area (Å²) < 4.78 is 10.5. The number of rotatable bonds is 13. The molecule has 1 aromatic carbocycles. The van der Waals surface area contributed by atoms with Crippen LogP contribution < -0.4 is 10.5 Å². The van der Waals surface area contributed by atoms with Crippen molar-refractivity contribution in [1.82, 2.24) is 0 Å². The molecule has 5 atom stereocenters. The number of hydrogen-bond acceptors (Lipinski definition) is 6. The average molecular weight is 462 g/mol. The van der Waals surface area contributed by atoms with Crippen LogP contribution in [0.5, 0.6) is 5.75 Å². The van der Waals surface area contributed by atoms with Crippen molar-refractivity contribution in [3.63, 3.8) is 0 Å². The Balaban J connectivity index is 1.54. The number of esters is 1. The van der Waals surface area contributed by atoms with Crippen molar-refractivity contribution in [1.29, 1.82) is 0 Å². The fourth-order valence-corrected chi connectivity index (χ4v) is 5.63. The highest BCUT2D eigenvalue weighted by Gasteiger charge is 2.44. The summed E-state index contributed by atoms with van der Waals surface area (Å²) in [4.78, 5) is 22.5. The summed E-state index contributed by atoms with van der Waals surface area (Å²) >= 11 is 0. The highest BCUT2D eigenvalue weighted by Crippen LogP contribution is 2.48. The Morgan fingerprint density at radius 2 is 1.94 bits per heavy atom. The van der Waals surface area contributed by atoms with Crippen LogP contribution in [-0.2, 0) is 27.2 Å². The second-order valence-corrected chi connectivity index (χ2v) is 9.69. The zero-order chi connectivity index (χ0) is 23.8. The summed E-state index contributed by atoms with van der Waals surface area (Å²) in [5, 5.41) is 21.0. The van der Waals surface area contributed by atoms with Gasteiger partial charge in [-0.3, -0.25) is 4.79 Å². The van der Waals surface area contributed by atoms with E-state index >= 15 is 0 Å². The smallest absolute Gasteiger partial charge is 0.344 e. The quantitative estimate of drug-likeness (QED) is 0.307. The van der Waals surface area contributed by atoms with Gasteiger partial charge >= 0.3 is 5.97 Å². The Morgan fingerprint density at radius 1 is 1.15 bits per heavy atom. The van der Waals surface area contributed by atoms with Crippen molar-refractivity contribution in [2.75, 3.05) is 13.2 Å². The normalized spacial score (nSPS) is 24.6. The summed E-state index contributed by atoms with van der Waals surface area (Å²) in [6.07, 6.45) is 8.95. The van der Waals surface area contributed by atoms with Crippen LogP contribution in [0.15, 0.2) is 18.2 Å². The Labute approximate surface area is 196 Å². The number of aliphatic hydroxyl groups is 2. The van der Waals surface area contributed by atoms with Crippen LogP contribution in [0.2, 0.25) is 0 Å². The van der Waals surface area contributed by atoms with Gasteiger partial charge in [0.1, 0.15) is 5.75 Å². The minimum absolute atomic E-state index is 0.229. The number of carbonyl (C=O) groups is 2. The lowest BCUT2D eigenvalue weighted by Gasteiger charge is -2.32. The van der Waals surface area contributed by atoms with E-state index in [1.165, 1.54) is 12.0 Å². The maximum atomic E-state index is 11.8. The van der Waals surface area contributed by atoms with E-state index in [2.05, 4.69) is 13.0 Å². The zero-order valence-electron chi connectivity index (χ0n) is 19.7. The highest BCUT2D eigenvalue weighted by molar-refractivity contribution is 5.79. The van der Waals surface area contributed by atoms with Crippen molar-refractivity contribution >= 4 is 11.9 Å². The molecule has 7 heteroatoms. The minimum atomic E-state index is -0.702. The molecule has 2 aliphatic rings. The van der Waals surface area contributed by atoms with Gasteiger partial charge in [-0.25, -0.2) is 4.79 Å². The van der Waals surface area contributed by atoms with Crippen molar-refractivity contribution < 1.29 is 29.3 Å². The van der Waals surface area contributed by atoms with Gasteiger partial charge in [0.15, 0.2) is 13.2 Å². The topological polar surface area (TPSA) is 119 Å². The number of ether oxygens (including phenoxy) is 2. The van der Waals surface area contributed by atoms with Crippen molar-refractivity contribution in [3.8, 4) is 5.75 Å². The molecule has 0 aliphatic heterocycles. The zero-order valence-corrected chi connectivity index (χ0v) is 19.7. The summed E-state index contributed by atoms with van der Waals surface area (Å²) in [7, 11) is 0. The van der Waals surface area contributed by atoms with E-state index in [9.17, 15) is 19.8 Å². The molecule has 0 bridgehead atoms. The fraction of sp³-hybridized carbons (Fsp3) is 0.692. The lowest BCUT2D eigenvalue weighted by Crippen LogP contribution is -2.28. The van der Waals surface area contributed by atoms with Gasteiger partial charge in [-0.05, 0) is 73.5 Å². The molecule has 1 amide bonds. The SMILES string of the molecule is CCCCC[C@@H](O)CCC[C@@H]1C2Cc3cccc(OCC(=O)OCC(N)=O)c3CC2C[C@H]1O. The summed E-state index contributed by atoms with van der Waals surface area (Å²) in [5.41, 5.74) is 7.30. The predicted octanol–water partition coefficient (Wildman–Crippen LogP) is 2.92. The molecule has 1 aromatic rings. The van der Waals surface area contributed by atoms with Crippen molar-refractivity contribution in [3.05, 3.63) is 29.3 Å². The number of carbonyl (C=O) groups excluding carboxylic acids is 2. The van der Waals surface area contributed by atoms with E-state index in [0.29, 0.717) is 17.6 Å². The average Bonchev–Trinajstić information content (AvgIpc) is 3.09. The van der Waals surface area contributed by atoms with Crippen LogP contribution in [0.4, 0.5) is 0 Å². The van der Waals surface area contributed by atoms with E-state index in [4.69, 9.17) is 15.2 Å². The summed E-state index contributed by atoms with van der Waals surface area (Å²) in [5.74, 6) is 0.411. The fourth-order valence-electron chi connectivity index (χ4n) is 5.63. The third-order valence-electron chi connectivity index (χ3n) is 7.28. The summed E-state index contributed by atoms with van der Waals surface area (Å²) in [6, 6.07) is 5.88. The predicted molar refractivity (Wildman–Crippen MR) is 125 cm³/mol. The van der Waals surface area contributed by atoms with Crippen LogP contribution in [-0.4, -0.2) is 47.5 Å². The van der Waals surface area contributed by atoms with Gasteiger partial charge in [0.2, 0.25) is 0 Å². The van der Waals surface area contributed by atoms with E-state index in [1.54, 1.807) is 0 Å². The van der Waals surface area contributed by atoms with Gasteiger partial charge in [-0.15, -0.1) is 0 Å². The van der Waals surface area contributed by atoms with Crippen molar-refractivity contribution in [2.45, 2.75) is 83.3 Å². The molecule has 1 fully saturated rings. The number of unbranched alkanes of at least 4 members (excludes halogenated alkanes) is 2. The van der Waals surface area contributed by atoms with Crippen LogP contribution in [0.25, 0.3) is 0 Å². The standard InChI is InChI=1S/C26H39NO6/c1-2-3-4-8-19(28)9-6-10-20-21-12-17-7-5-11-24(22(17)13-18(21)14-23(20)29)32-16-26(31)33-15-25(27)30/h5,7,11,18-21,23,28-29H,2-4,6,8-10,12-16H2,1H3,(H2,27,30)/t18?,19-,20-,21?,23-/m1/s1. The Bertz CT molecular complexity index is 797. The lowest BCUT2D eigenvalue weighted by molar-refractivity contribution is -0.149. The Morgan fingerprint density at radius 3 is 2.70 bits per heavy atom. The second kappa shape index (κ2) is 12.4. The monoisotopic (exact) mass is 461 g/mol. The van der Waals surface area contributed by atoms with Gasteiger partial charge < -0.3 is 25.4 Å².